The van der Waals surface area contributed by atoms with Crippen molar-refractivity contribution in [3.8, 4) is 0 Å². The molecule has 0 aliphatic carbocycles. The number of carbonyl (C=O) groups is 1. The maximum absolute atomic E-state index is 11.8. The molecule has 4 nitrogen and oxygen atoms in total. The molecule has 5 heteroatoms. The molecule has 2 rings (SSSR count). The lowest BCUT2D eigenvalue weighted by atomic mass is 10.0. The summed E-state index contributed by atoms with van der Waals surface area (Å²) in [6, 6.07) is 1.81. The maximum atomic E-state index is 11.8. The number of rotatable bonds is 2. The number of carbonyl (C=O) groups excluding carboxylic acids is 1. The van der Waals surface area contributed by atoms with Crippen LogP contribution in [0.15, 0.2) is 16.7 Å². The standard InChI is InChI=1S/C13H17BrN2O2/c1-9-7-10(14)12(15-8-9)16-6-4-3-5-11(16)13(17)18-2/h7-8,11H,3-6H2,1-2H3. The van der Waals surface area contributed by atoms with Gasteiger partial charge in [-0.05, 0) is 53.7 Å². The first-order chi connectivity index (χ1) is 8.63. The van der Waals surface area contributed by atoms with Crippen LogP contribution in [-0.2, 0) is 9.53 Å². The van der Waals surface area contributed by atoms with E-state index in [1.165, 1.54) is 7.11 Å². The Labute approximate surface area is 115 Å². The molecule has 1 aromatic rings. The minimum absolute atomic E-state index is 0.177. The quantitative estimate of drug-likeness (QED) is 0.787. The minimum atomic E-state index is -0.213. The van der Waals surface area contributed by atoms with Gasteiger partial charge < -0.3 is 9.64 Å². The Kier molecular flexibility index (Phi) is 4.22. The van der Waals surface area contributed by atoms with Gasteiger partial charge in [0, 0.05) is 12.7 Å². The van der Waals surface area contributed by atoms with Crippen LogP contribution in [0.2, 0.25) is 0 Å². The SMILES string of the molecule is COC(=O)C1CCCCN1c1ncc(C)cc1Br. The Morgan fingerprint density at radius 2 is 2.33 bits per heavy atom. The van der Waals surface area contributed by atoms with Gasteiger partial charge in [0.15, 0.2) is 0 Å². The number of halogens is 1. The number of ether oxygens (including phenoxy) is 1. The Hall–Kier alpha value is -1.10. The molecule has 0 bridgehead atoms. The predicted molar refractivity (Wildman–Crippen MR) is 73.7 cm³/mol. The first-order valence-electron chi connectivity index (χ1n) is 6.10. The fourth-order valence-electron chi connectivity index (χ4n) is 2.30. The number of pyridine rings is 1. The molecule has 1 aliphatic heterocycles. The number of methoxy groups -OCH3 is 1. The summed E-state index contributed by atoms with van der Waals surface area (Å²) in [6.45, 7) is 2.84. The number of hydrogen-bond acceptors (Lipinski definition) is 4. The van der Waals surface area contributed by atoms with Crippen LogP contribution in [0.5, 0.6) is 0 Å². The number of anilines is 1. The summed E-state index contributed by atoms with van der Waals surface area (Å²) < 4.78 is 5.81. The van der Waals surface area contributed by atoms with Gasteiger partial charge in [0.25, 0.3) is 0 Å². The average molecular weight is 313 g/mol. The third kappa shape index (κ3) is 2.66. The molecule has 18 heavy (non-hydrogen) atoms. The second-order valence-electron chi connectivity index (χ2n) is 4.55. The number of nitrogens with zero attached hydrogens (tertiary/aromatic N) is 2. The lowest BCUT2D eigenvalue weighted by molar-refractivity contribution is -0.142. The van der Waals surface area contributed by atoms with E-state index in [-0.39, 0.29) is 12.0 Å². The second-order valence-corrected chi connectivity index (χ2v) is 5.40. The molecular weight excluding hydrogens is 296 g/mol. The summed E-state index contributed by atoms with van der Waals surface area (Å²) in [6.07, 6.45) is 4.78. The molecule has 0 N–H and O–H groups in total. The van der Waals surface area contributed by atoms with Gasteiger partial charge in [0.1, 0.15) is 11.9 Å². The first-order valence-corrected chi connectivity index (χ1v) is 6.89. The molecule has 0 amide bonds. The van der Waals surface area contributed by atoms with Crippen molar-refractivity contribution < 1.29 is 9.53 Å². The largest absolute Gasteiger partial charge is 0.467 e. The summed E-state index contributed by atoms with van der Waals surface area (Å²) in [5.41, 5.74) is 1.09. The molecular formula is C13H17BrN2O2. The highest BCUT2D eigenvalue weighted by Gasteiger charge is 2.31. The normalized spacial score (nSPS) is 19.7. The van der Waals surface area contributed by atoms with Crippen molar-refractivity contribution in [2.24, 2.45) is 0 Å². The Morgan fingerprint density at radius 1 is 1.56 bits per heavy atom. The lowest BCUT2D eigenvalue weighted by Crippen LogP contribution is -2.46. The van der Waals surface area contributed by atoms with E-state index in [0.717, 1.165) is 41.7 Å². The number of piperidine rings is 1. The molecule has 0 saturated carbocycles. The van der Waals surface area contributed by atoms with E-state index in [1.54, 1.807) is 0 Å². The molecule has 1 aliphatic rings. The van der Waals surface area contributed by atoms with Crippen molar-refractivity contribution in [3.63, 3.8) is 0 Å². The van der Waals surface area contributed by atoms with E-state index in [4.69, 9.17) is 4.74 Å². The summed E-state index contributed by atoms with van der Waals surface area (Å²) >= 11 is 3.52. The van der Waals surface area contributed by atoms with Crippen LogP contribution in [0, 0.1) is 6.92 Å². The van der Waals surface area contributed by atoms with E-state index in [9.17, 15) is 4.79 Å². The van der Waals surface area contributed by atoms with Gasteiger partial charge in [0.2, 0.25) is 0 Å². The van der Waals surface area contributed by atoms with Crippen LogP contribution >= 0.6 is 15.9 Å². The molecule has 0 radical (unpaired) electrons. The van der Waals surface area contributed by atoms with Crippen LogP contribution in [0.25, 0.3) is 0 Å². The highest BCUT2D eigenvalue weighted by atomic mass is 79.9. The summed E-state index contributed by atoms with van der Waals surface area (Å²) in [4.78, 5) is 18.3. The van der Waals surface area contributed by atoms with Crippen LogP contribution in [-0.4, -0.2) is 30.6 Å². The van der Waals surface area contributed by atoms with Crippen molar-refractivity contribution in [1.82, 2.24) is 4.98 Å². The highest BCUT2D eigenvalue weighted by molar-refractivity contribution is 9.10. The second kappa shape index (κ2) is 5.69. The van der Waals surface area contributed by atoms with Gasteiger partial charge in [-0.2, -0.15) is 0 Å². The van der Waals surface area contributed by atoms with Crippen LogP contribution in [0.3, 0.4) is 0 Å². The van der Waals surface area contributed by atoms with Crippen LogP contribution in [0.4, 0.5) is 5.82 Å². The van der Waals surface area contributed by atoms with E-state index >= 15 is 0 Å². The van der Waals surface area contributed by atoms with Crippen molar-refractivity contribution in [1.29, 1.82) is 0 Å². The summed E-state index contributed by atoms with van der Waals surface area (Å²) in [5, 5.41) is 0. The van der Waals surface area contributed by atoms with Crippen molar-refractivity contribution in [2.75, 3.05) is 18.6 Å². The van der Waals surface area contributed by atoms with E-state index in [1.807, 2.05) is 24.1 Å². The zero-order chi connectivity index (χ0) is 13.1. The predicted octanol–water partition coefficient (Wildman–Crippen LogP) is 2.68. The Balaban J connectivity index is 2.30. The van der Waals surface area contributed by atoms with Crippen molar-refractivity contribution >= 4 is 27.7 Å². The van der Waals surface area contributed by atoms with Gasteiger partial charge in [-0.1, -0.05) is 0 Å². The summed E-state index contributed by atoms with van der Waals surface area (Å²) in [5.74, 6) is 0.652. The Bertz CT molecular complexity index is 451. The molecule has 1 aromatic heterocycles. The van der Waals surface area contributed by atoms with Crippen LogP contribution in [0.1, 0.15) is 24.8 Å². The number of hydrogen-bond donors (Lipinski definition) is 0. The average Bonchev–Trinajstić information content (AvgIpc) is 2.38. The number of aryl methyl sites for hydroxylation is 1. The Morgan fingerprint density at radius 3 is 3.00 bits per heavy atom. The summed E-state index contributed by atoms with van der Waals surface area (Å²) in [7, 11) is 1.44. The van der Waals surface area contributed by atoms with E-state index < -0.39 is 0 Å². The molecule has 0 aromatic carbocycles. The van der Waals surface area contributed by atoms with Gasteiger partial charge in [-0.3, -0.25) is 0 Å². The number of esters is 1. The fourth-order valence-corrected chi connectivity index (χ4v) is 3.00. The molecule has 98 valence electrons. The van der Waals surface area contributed by atoms with Gasteiger partial charge in [-0.25, -0.2) is 9.78 Å². The molecule has 1 atom stereocenters. The maximum Gasteiger partial charge on any atom is 0.328 e. The fraction of sp³-hybridized carbons (Fsp3) is 0.538. The van der Waals surface area contributed by atoms with E-state index in [0.29, 0.717) is 0 Å². The monoisotopic (exact) mass is 312 g/mol. The van der Waals surface area contributed by atoms with Crippen molar-refractivity contribution in [2.45, 2.75) is 32.2 Å². The minimum Gasteiger partial charge on any atom is -0.467 e. The zero-order valence-electron chi connectivity index (χ0n) is 10.6. The molecule has 1 fully saturated rings. The third-order valence-corrected chi connectivity index (χ3v) is 3.79. The van der Waals surface area contributed by atoms with Gasteiger partial charge in [-0.15, -0.1) is 0 Å². The van der Waals surface area contributed by atoms with Gasteiger partial charge in [0.05, 0.1) is 11.6 Å². The van der Waals surface area contributed by atoms with Gasteiger partial charge >= 0.3 is 5.97 Å². The smallest absolute Gasteiger partial charge is 0.328 e. The molecule has 0 spiro atoms. The molecule has 1 unspecified atom stereocenters. The third-order valence-electron chi connectivity index (χ3n) is 3.21. The van der Waals surface area contributed by atoms with E-state index in [2.05, 4.69) is 20.9 Å². The highest BCUT2D eigenvalue weighted by Crippen LogP contribution is 2.30. The molecule has 2 heterocycles. The first kappa shape index (κ1) is 13.3. The zero-order valence-corrected chi connectivity index (χ0v) is 12.2. The molecule has 1 saturated heterocycles. The topological polar surface area (TPSA) is 42.4 Å². The van der Waals surface area contributed by atoms with Crippen LogP contribution < -0.4 is 4.90 Å². The lowest BCUT2D eigenvalue weighted by Gasteiger charge is -2.35. The number of aromatic nitrogens is 1. The van der Waals surface area contributed by atoms with Crippen molar-refractivity contribution in [3.05, 3.63) is 22.3 Å².